The van der Waals surface area contributed by atoms with Crippen LogP contribution in [0.5, 0.6) is 5.75 Å². The SMILES string of the molecule is CC(=O)Nc1cc(OC[C@@H]2CCN2C)c(C)nc1Cl. The quantitative estimate of drug-likeness (QED) is 0.860. The summed E-state index contributed by atoms with van der Waals surface area (Å²) in [6, 6.07) is 2.18. The standard InChI is InChI=1S/C13H18ClN3O2/c1-8-12(19-7-10-4-5-17(10)3)6-11(13(14)15-8)16-9(2)18/h6,10H,4-5,7H2,1-3H3,(H,16,18)/t10-/m0/s1. The second kappa shape index (κ2) is 5.75. The predicted octanol–water partition coefficient (Wildman–Crippen LogP) is 2.08. The molecule has 1 aromatic heterocycles. The Bertz CT molecular complexity index is 493. The van der Waals surface area contributed by atoms with Crippen LogP contribution in [0.15, 0.2) is 6.07 Å². The Hall–Kier alpha value is -1.33. The van der Waals surface area contributed by atoms with E-state index in [-0.39, 0.29) is 11.1 Å². The third kappa shape index (κ3) is 3.36. The maximum Gasteiger partial charge on any atom is 0.221 e. The number of hydrogen-bond donors (Lipinski definition) is 1. The third-order valence-electron chi connectivity index (χ3n) is 3.30. The Morgan fingerprint density at radius 1 is 1.68 bits per heavy atom. The van der Waals surface area contributed by atoms with E-state index >= 15 is 0 Å². The van der Waals surface area contributed by atoms with Gasteiger partial charge in [-0.2, -0.15) is 0 Å². The fourth-order valence-electron chi connectivity index (χ4n) is 1.95. The fourth-order valence-corrected chi connectivity index (χ4v) is 2.18. The molecule has 19 heavy (non-hydrogen) atoms. The molecule has 1 aliphatic rings. The van der Waals surface area contributed by atoms with E-state index < -0.39 is 0 Å². The molecular weight excluding hydrogens is 266 g/mol. The topological polar surface area (TPSA) is 54.5 Å². The Kier molecular flexibility index (Phi) is 4.27. The van der Waals surface area contributed by atoms with Gasteiger partial charge in [-0.3, -0.25) is 9.69 Å². The highest BCUT2D eigenvalue weighted by atomic mass is 35.5. The molecule has 2 heterocycles. The number of nitrogens with zero attached hydrogens (tertiary/aromatic N) is 2. The van der Waals surface area contributed by atoms with E-state index in [0.717, 1.165) is 18.7 Å². The van der Waals surface area contributed by atoms with E-state index in [1.165, 1.54) is 6.92 Å². The lowest BCUT2D eigenvalue weighted by Crippen LogP contribution is -2.48. The zero-order valence-corrected chi connectivity index (χ0v) is 12.1. The van der Waals surface area contributed by atoms with Gasteiger partial charge < -0.3 is 10.1 Å². The van der Waals surface area contributed by atoms with Crippen molar-refractivity contribution in [3.63, 3.8) is 0 Å². The number of aryl methyl sites for hydroxylation is 1. The molecule has 6 heteroatoms. The molecular formula is C13H18ClN3O2. The minimum absolute atomic E-state index is 0.183. The van der Waals surface area contributed by atoms with Crippen molar-refractivity contribution in [1.29, 1.82) is 0 Å². The van der Waals surface area contributed by atoms with E-state index in [4.69, 9.17) is 16.3 Å². The number of aromatic nitrogens is 1. The summed E-state index contributed by atoms with van der Waals surface area (Å²) in [5, 5.41) is 2.92. The number of hydrogen-bond acceptors (Lipinski definition) is 4. The van der Waals surface area contributed by atoms with Crippen molar-refractivity contribution in [2.45, 2.75) is 26.3 Å². The van der Waals surface area contributed by atoms with Crippen molar-refractivity contribution in [3.05, 3.63) is 16.9 Å². The average molecular weight is 284 g/mol. The van der Waals surface area contributed by atoms with Gasteiger partial charge in [-0.1, -0.05) is 11.6 Å². The lowest BCUT2D eigenvalue weighted by Gasteiger charge is -2.37. The molecule has 1 N–H and O–H groups in total. The van der Waals surface area contributed by atoms with Crippen LogP contribution >= 0.6 is 11.6 Å². The number of anilines is 1. The zero-order valence-electron chi connectivity index (χ0n) is 11.4. The number of likely N-dealkylation sites (N-methyl/N-ethyl adjacent to an activating group) is 1. The van der Waals surface area contributed by atoms with Crippen molar-refractivity contribution in [2.24, 2.45) is 0 Å². The van der Waals surface area contributed by atoms with Crippen molar-refractivity contribution in [2.75, 3.05) is 25.5 Å². The Balaban J connectivity index is 2.08. The van der Waals surface area contributed by atoms with Crippen molar-refractivity contribution >= 4 is 23.2 Å². The van der Waals surface area contributed by atoms with Crippen molar-refractivity contribution < 1.29 is 9.53 Å². The van der Waals surface area contributed by atoms with Crippen LogP contribution < -0.4 is 10.1 Å². The van der Waals surface area contributed by atoms with Crippen LogP contribution in [0.2, 0.25) is 5.15 Å². The van der Waals surface area contributed by atoms with Gasteiger partial charge in [-0.05, 0) is 26.9 Å². The Morgan fingerprint density at radius 2 is 2.42 bits per heavy atom. The number of halogens is 1. The molecule has 1 amide bonds. The van der Waals surface area contributed by atoms with Gasteiger partial charge in [0.05, 0.1) is 11.4 Å². The first-order valence-electron chi connectivity index (χ1n) is 6.25. The summed E-state index contributed by atoms with van der Waals surface area (Å²) < 4.78 is 5.77. The summed E-state index contributed by atoms with van der Waals surface area (Å²) >= 11 is 5.98. The largest absolute Gasteiger partial charge is 0.490 e. The Morgan fingerprint density at radius 3 is 2.95 bits per heavy atom. The Labute approximate surface area is 117 Å². The average Bonchev–Trinajstić information content (AvgIpc) is 2.32. The molecule has 0 aromatic carbocycles. The van der Waals surface area contributed by atoms with E-state index in [0.29, 0.717) is 24.1 Å². The molecule has 104 valence electrons. The van der Waals surface area contributed by atoms with E-state index in [2.05, 4.69) is 22.2 Å². The molecule has 5 nitrogen and oxygen atoms in total. The van der Waals surface area contributed by atoms with Gasteiger partial charge in [0.15, 0.2) is 5.15 Å². The van der Waals surface area contributed by atoms with Gasteiger partial charge in [-0.25, -0.2) is 4.98 Å². The second-order valence-electron chi connectivity index (χ2n) is 4.83. The van der Waals surface area contributed by atoms with Gasteiger partial charge in [0.1, 0.15) is 12.4 Å². The molecule has 1 aliphatic heterocycles. The van der Waals surface area contributed by atoms with Gasteiger partial charge in [0.2, 0.25) is 5.91 Å². The minimum Gasteiger partial charge on any atom is -0.490 e. The molecule has 0 aliphatic carbocycles. The number of rotatable bonds is 4. The van der Waals surface area contributed by atoms with Crippen molar-refractivity contribution in [1.82, 2.24) is 9.88 Å². The molecule has 0 unspecified atom stereocenters. The van der Waals surface area contributed by atoms with Crippen LogP contribution in [0.25, 0.3) is 0 Å². The molecule has 1 aromatic rings. The normalized spacial score (nSPS) is 18.8. The van der Waals surface area contributed by atoms with Gasteiger partial charge in [0.25, 0.3) is 0 Å². The first-order chi connectivity index (χ1) is 8.97. The summed E-state index contributed by atoms with van der Waals surface area (Å²) in [5.41, 5.74) is 1.21. The van der Waals surface area contributed by atoms with Crippen LogP contribution in [0, 0.1) is 6.92 Å². The first-order valence-corrected chi connectivity index (χ1v) is 6.63. The first kappa shape index (κ1) is 14.1. The number of likely N-dealkylation sites (tertiary alicyclic amines) is 1. The smallest absolute Gasteiger partial charge is 0.221 e. The van der Waals surface area contributed by atoms with Crippen LogP contribution in [-0.4, -0.2) is 42.0 Å². The molecule has 0 bridgehead atoms. The van der Waals surface area contributed by atoms with Crippen molar-refractivity contribution in [3.8, 4) is 5.75 Å². The van der Waals surface area contributed by atoms with E-state index in [9.17, 15) is 4.79 Å². The van der Waals surface area contributed by atoms with E-state index in [1.54, 1.807) is 6.07 Å². The highest BCUT2D eigenvalue weighted by Gasteiger charge is 2.24. The van der Waals surface area contributed by atoms with Crippen LogP contribution in [0.4, 0.5) is 5.69 Å². The molecule has 0 saturated carbocycles. The summed E-state index contributed by atoms with van der Waals surface area (Å²) in [6.45, 7) is 5.01. The molecule has 2 rings (SSSR count). The monoisotopic (exact) mass is 283 g/mol. The number of amides is 1. The highest BCUT2D eigenvalue weighted by Crippen LogP contribution is 2.28. The fraction of sp³-hybridized carbons (Fsp3) is 0.538. The van der Waals surface area contributed by atoms with Gasteiger partial charge >= 0.3 is 0 Å². The summed E-state index contributed by atoms with van der Waals surface area (Å²) in [6.07, 6.45) is 1.15. The number of ether oxygens (including phenoxy) is 1. The number of carbonyl (C=O) groups is 1. The van der Waals surface area contributed by atoms with Crippen LogP contribution in [0.1, 0.15) is 19.0 Å². The molecule has 1 saturated heterocycles. The number of pyridine rings is 1. The maximum atomic E-state index is 11.1. The molecule has 0 radical (unpaired) electrons. The lowest BCUT2D eigenvalue weighted by atomic mass is 10.1. The molecule has 0 spiro atoms. The van der Waals surface area contributed by atoms with E-state index in [1.807, 2.05) is 6.92 Å². The van der Waals surface area contributed by atoms with Gasteiger partial charge in [0, 0.05) is 19.0 Å². The summed E-state index contributed by atoms with van der Waals surface area (Å²) in [4.78, 5) is 17.5. The summed E-state index contributed by atoms with van der Waals surface area (Å²) in [5.74, 6) is 0.477. The maximum absolute atomic E-state index is 11.1. The third-order valence-corrected chi connectivity index (χ3v) is 3.59. The minimum atomic E-state index is -0.183. The second-order valence-corrected chi connectivity index (χ2v) is 5.18. The van der Waals surface area contributed by atoms with Crippen LogP contribution in [0.3, 0.4) is 0 Å². The molecule has 1 fully saturated rings. The number of nitrogens with one attached hydrogen (secondary N) is 1. The summed E-state index contributed by atoms with van der Waals surface area (Å²) in [7, 11) is 2.08. The van der Waals surface area contributed by atoms with Crippen LogP contribution in [-0.2, 0) is 4.79 Å². The predicted molar refractivity (Wildman–Crippen MR) is 74.8 cm³/mol. The number of carbonyl (C=O) groups excluding carboxylic acids is 1. The zero-order chi connectivity index (χ0) is 14.0. The highest BCUT2D eigenvalue weighted by molar-refractivity contribution is 6.32. The lowest BCUT2D eigenvalue weighted by molar-refractivity contribution is -0.114. The van der Waals surface area contributed by atoms with Gasteiger partial charge in [-0.15, -0.1) is 0 Å². The molecule has 1 atom stereocenters.